The number of ether oxygens (including phenoxy) is 4. The summed E-state index contributed by atoms with van der Waals surface area (Å²) in [6, 6.07) is 11.4. The Labute approximate surface area is 147 Å². The zero-order chi connectivity index (χ0) is 17.6. The SMILES string of the molecule is COc1cc([C@H]2O[C@H](c3ccc4c(c3)OCO4)[C@H](C)[C@@H]2C)ccc1O. The molecular weight excluding hydrogens is 320 g/mol. The van der Waals surface area contributed by atoms with Crippen LogP contribution in [0.3, 0.4) is 0 Å². The first-order valence-electron chi connectivity index (χ1n) is 8.50. The van der Waals surface area contributed by atoms with Crippen LogP contribution in [-0.2, 0) is 4.74 Å². The monoisotopic (exact) mass is 342 g/mol. The van der Waals surface area contributed by atoms with E-state index in [0.717, 1.165) is 22.6 Å². The van der Waals surface area contributed by atoms with E-state index in [1.54, 1.807) is 13.2 Å². The summed E-state index contributed by atoms with van der Waals surface area (Å²) in [5.74, 6) is 2.82. The second-order valence-electron chi connectivity index (χ2n) is 6.74. The van der Waals surface area contributed by atoms with Gasteiger partial charge < -0.3 is 24.1 Å². The Morgan fingerprint density at radius 3 is 2.28 bits per heavy atom. The van der Waals surface area contributed by atoms with Crippen molar-refractivity contribution in [3.63, 3.8) is 0 Å². The van der Waals surface area contributed by atoms with Crippen molar-refractivity contribution in [1.82, 2.24) is 0 Å². The van der Waals surface area contributed by atoms with Crippen LogP contribution in [0.1, 0.15) is 37.2 Å². The second kappa shape index (κ2) is 6.15. The first kappa shape index (κ1) is 16.1. The summed E-state index contributed by atoms with van der Waals surface area (Å²) >= 11 is 0. The number of rotatable bonds is 3. The molecule has 4 atom stereocenters. The van der Waals surface area contributed by atoms with Crippen molar-refractivity contribution >= 4 is 0 Å². The van der Waals surface area contributed by atoms with Gasteiger partial charge in [0.15, 0.2) is 23.0 Å². The molecule has 0 saturated carbocycles. The molecule has 0 amide bonds. The van der Waals surface area contributed by atoms with Crippen LogP contribution < -0.4 is 14.2 Å². The molecule has 5 heteroatoms. The molecule has 2 aliphatic rings. The molecule has 1 N–H and O–H groups in total. The van der Waals surface area contributed by atoms with Crippen LogP contribution in [0.2, 0.25) is 0 Å². The molecule has 4 rings (SSSR count). The first-order chi connectivity index (χ1) is 12.1. The Morgan fingerprint density at radius 2 is 1.56 bits per heavy atom. The van der Waals surface area contributed by atoms with E-state index in [2.05, 4.69) is 13.8 Å². The number of benzene rings is 2. The Bertz CT molecular complexity index is 767. The maximum atomic E-state index is 9.82. The van der Waals surface area contributed by atoms with E-state index in [-0.39, 0.29) is 24.8 Å². The fourth-order valence-electron chi connectivity index (χ4n) is 3.68. The number of hydrogen-bond acceptors (Lipinski definition) is 5. The van der Waals surface area contributed by atoms with Gasteiger partial charge in [0.2, 0.25) is 6.79 Å². The highest BCUT2D eigenvalue weighted by atomic mass is 16.7. The average molecular weight is 342 g/mol. The highest BCUT2D eigenvalue weighted by molar-refractivity contribution is 5.46. The minimum atomic E-state index is -0.0556. The van der Waals surface area contributed by atoms with Crippen molar-refractivity contribution < 1.29 is 24.1 Å². The summed E-state index contributed by atoms with van der Waals surface area (Å²) in [7, 11) is 1.55. The largest absolute Gasteiger partial charge is 0.504 e. The van der Waals surface area contributed by atoms with Crippen molar-refractivity contribution in [1.29, 1.82) is 0 Å². The standard InChI is InChI=1S/C20H22O5/c1-11-12(2)20(14-5-7-16-18(9-14)24-10-23-16)25-19(11)13-4-6-15(21)17(8-13)22-3/h4-9,11-12,19-21H,10H2,1-3H3/t11-,12+,19-,20-/m0/s1. The highest BCUT2D eigenvalue weighted by Gasteiger charge is 2.41. The number of methoxy groups -OCH3 is 1. The van der Waals surface area contributed by atoms with Gasteiger partial charge in [0.1, 0.15) is 0 Å². The summed E-state index contributed by atoms with van der Waals surface area (Å²) in [5, 5.41) is 9.82. The van der Waals surface area contributed by atoms with Crippen LogP contribution in [0.4, 0.5) is 0 Å². The highest BCUT2D eigenvalue weighted by Crippen LogP contribution is 2.50. The molecule has 1 fully saturated rings. The lowest BCUT2D eigenvalue weighted by molar-refractivity contribution is 0.0288. The Morgan fingerprint density at radius 1 is 0.920 bits per heavy atom. The Kier molecular flexibility index (Phi) is 3.96. The fraction of sp³-hybridized carbons (Fsp3) is 0.400. The first-order valence-corrected chi connectivity index (χ1v) is 8.50. The molecule has 0 unspecified atom stereocenters. The summed E-state index contributed by atoms with van der Waals surface area (Å²) in [6.45, 7) is 4.67. The minimum absolute atomic E-state index is 0.0192. The second-order valence-corrected chi connectivity index (χ2v) is 6.74. The van der Waals surface area contributed by atoms with Gasteiger partial charge >= 0.3 is 0 Å². The van der Waals surface area contributed by atoms with Crippen LogP contribution in [0.15, 0.2) is 36.4 Å². The Hall–Kier alpha value is -2.40. The van der Waals surface area contributed by atoms with E-state index in [1.165, 1.54) is 0 Å². The van der Waals surface area contributed by atoms with Gasteiger partial charge in [0.25, 0.3) is 0 Å². The van der Waals surface area contributed by atoms with Gasteiger partial charge in [-0.05, 0) is 47.2 Å². The van der Waals surface area contributed by atoms with E-state index in [4.69, 9.17) is 18.9 Å². The predicted octanol–water partition coefficient (Wildman–Crippen LogP) is 4.21. The summed E-state index contributed by atoms with van der Waals surface area (Å²) in [5.41, 5.74) is 2.11. The van der Waals surface area contributed by atoms with Crippen molar-refractivity contribution in [2.75, 3.05) is 13.9 Å². The van der Waals surface area contributed by atoms with Crippen LogP contribution in [0.5, 0.6) is 23.0 Å². The smallest absolute Gasteiger partial charge is 0.231 e. The lowest BCUT2D eigenvalue weighted by atomic mass is 9.85. The van der Waals surface area contributed by atoms with Crippen LogP contribution in [-0.4, -0.2) is 19.0 Å². The van der Waals surface area contributed by atoms with Gasteiger partial charge in [-0.3, -0.25) is 0 Å². The lowest BCUT2D eigenvalue weighted by Gasteiger charge is -2.17. The van der Waals surface area contributed by atoms with Crippen LogP contribution in [0.25, 0.3) is 0 Å². The third-order valence-electron chi connectivity index (χ3n) is 5.34. The molecule has 0 aliphatic carbocycles. The van der Waals surface area contributed by atoms with Gasteiger partial charge in [0.05, 0.1) is 19.3 Å². The zero-order valence-corrected chi connectivity index (χ0v) is 14.6. The number of aromatic hydroxyl groups is 1. The third-order valence-corrected chi connectivity index (χ3v) is 5.34. The molecule has 25 heavy (non-hydrogen) atoms. The minimum Gasteiger partial charge on any atom is -0.504 e. The molecule has 0 bridgehead atoms. The van der Waals surface area contributed by atoms with E-state index in [0.29, 0.717) is 17.6 Å². The zero-order valence-electron chi connectivity index (χ0n) is 14.6. The number of phenolic OH excluding ortho intramolecular Hbond substituents is 1. The number of phenols is 1. The molecule has 2 heterocycles. The molecule has 2 aliphatic heterocycles. The molecule has 0 spiro atoms. The van der Waals surface area contributed by atoms with Crippen molar-refractivity contribution in [3.8, 4) is 23.0 Å². The Balaban J connectivity index is 1.63. The molecule has 5 nitrogen and oxygen atoms in total. The lowest BCUT2D eigenvalue weighted by Crippen LogP contribution is -2.09. The molecular formula is C20H22O5. The van der Waals surface area contributed by atoms with Gasteiger partial charge in [-0.2, -0.15) is 0 Å². The molecule has 0 radical (unpaired) electrons. The molecule has 2 aromatic carbocycles. The number of hydrogen-bond donors (Lipinski definition) is 1. The predicted molar refractivity (Wildman–Crippen MR) is 92.1 cm³/mol. The van der Waals surface area contributed by atoms with Gasteiger partial charge in [-0.1, -0.05) is 26.0 Å². The molecule has 1 saturated heterocycles. The molecule has 132 valence electrons. The van der Waals surface area contributed by atoms with E-state index in [9.17, 15) is 5.11 Å². The third kappa shape index (κ3) is 2.68. The van der Waals surface area contributed by atoms with Crippen LogP contribution >= 0.6 is 0 Å². The maximum absolute atomic E-state index is 9.82. The van der Waals surface area contributed by atoms with Crippen molar-refractivity contribution in [2.45, 2.75) is 26.1 Å². The van der Waals surface area contributed by atoms with E-state index >= 15 is 0 Å². The van der Waals surface area contributed by atoms with E-state index < -0.39 is 0 Å². The maximum Gasteiger partial charge on any atom is 0.231 e. The van der Waals surface area contributed by atoms with Gasteiger partial charge in [-0.15, -0.1) is 0 Å². The normalized spacial score (nSPS) is 27.5. The van der Waals surface area contributed by atoms with E-state index in [1.807, 2.05) is 30.3 Å². The van der Waals surface area contributed by atoms with Crippen LogP contribution in [0, 0.1) is 11.8 Å². The van der Waals surface area contributed by atoms with Crippen molar-refractivity contribution in [3.05, 3.63) is 47.5 Å². The fourth-order valence-corrected chi connectivity index (χ4v) is 3.68. The summed E-state index contributed by atoms with van der Waals surface area (Å²) in [4.78, 5) is 0. The number of fused-ring (bicyclic) bond motifs is 1. The topological polar surface area (TPSA) is 57.2 Å². The average Bonchev–Trinajstić information content (AvgIpc) is 3.20. The summed E-state index contributed by atoms with van der Waals surface area (Å²) < 4.78 is 22.5. The quantitative estimate of drug-likeness (QED) is 0.905. The molecule has 2 aromatic rings. The van der Waals surface area contributed by atoms with Gasteiger partial charge in [0, 0.05) is 0 Å². The van der Waals surface area contributed by atoms with Crippen molar-refractivity contribution in [2.24, 2.45) is 11.8 Å². The van der Waals surface area contributed by atoms with Gasteiger partial charge in [-0.25, -0.2) is 0 Å². The molecule has 0 aromatic heterocycles. The summed E-state index contributed by atoms with van der Waals surface area (Å²) in [6.07, 6.45) is -0.0748.